The number of ether oxygens (including phenoxy) is 1. The van der Waals surface area contributed by atoms with Gasteiger partial charge in [0.05, 0.1) is 24.6 Å². The number of halogens is 1. The number of nitrogens with one attached hydrogen (secondary N) is 2. The number of carbonyl (C=O) groups excluding carboxylic acids is 1. The third kappa shape index (κ3) is 4.81. The van der Waals surface area contributed by atoms with Gasteiger partial charge in [0.1, 0.15) is 6.04 Å². The number of hydrogen-bond acceptors (Lipinski definition) is 4. The maximum atomic E-state index is 12.2. The number of benzene rings is 1. The number of aromatic nitrogens is 2. The largest absolute Gasteiger partial charge is 0.378 e. The van der Waals surface area contributed by atoms with Crippen LogP contribution in [-0.2, 0) is 16.1 Å². The van der Waals surface area contributed by atoms with Gasteiger partial charge in [-0.1, -0.05) is 32.0 Å². The van der Waals surface area contributed by atoms with E-state index in [2.05, 4.69) is 24.5 Å². The number of nitrogens with zero attached hydrogens (tertiary/aromatic N) is 2. The van der Waals surface area contributed by atoms with Crippen molar-refractivity contribution in [1.29, 1.82) is 0 Å². The number of morpholine rings is 1. The number of amides is 1. The molecule has 0 aliphatic carbocycles. The zero-order valence-electron chi connectivity index (χ0n) is 14.6. The molecule has 1 aliphatic heterocycles. The van der Waals surface area contributed by atoms with Crippen LogP contribution in [0.2, 0.25) is 0 Å². The molecule has 1 aliphatic rings. The highest BCUT2D eigenvalue weighted by atomic mass is 35.5. The molecule has 0 saturated carbocycles. The van der Waals surface area contributed by atoms with Gasteiger partial charge in [0.25, 0.3) is 0 Å². The van der Waals surface area contributed by atoms with E-state index in [4.69, 9.17) is 9.84 Å². The van der Waals surface area contributed by atoms with Crippen LogP contribution in [0.5, 0.6) is 0 Å². The fourth-order valence-corrected chi connectivity index (χ4v) is 2.80. The highest BCUT2D eigenvalue weighted by Crippen LogP contribution is 2.20. The molecule has 136 valence electrons. The Morgan fingerprint density at radius 2 is 2.16 bits per heavy atom. The topological polar surface area (TPSA) is 68.2 Å². The van der Waals surface area contributed by atoms with Crippen LogP contribution in [0.4, 0.5) is 0 Å². The van der Waals surface area contributed by atoms with Crippen molar-refractivity contribution in [3.63, 3.8) is 0 Å². The Hall–Kier alpha value is -1.89. The van der Waals surface area contributed by atoms with Crippen LogP contribution in [0.1, 0.15) is 31.0 Å². The summed E-state index contributed by atoms with van der Waals surface area (Å²) in [5.41, 5.74) is 3.06. The van der Waals surface area contributed by atoms with E-state index in [1.54, 1.807) is 0 Å². The Balaban J connectivity index is 0.00000225. The van der Waals surface area contributed by atoms with Crippen molar-refractivity contribution in [2.45, 2.75) is 32.4 Å². The summed E-state index contributed by atoms with van der Waals surface area (Å²) in [6, 6.07) is 9.72. The van der Waals surface area contributed by atoms with Gasteiger partial charge in [0.2, 0.25) is 5.91 Å². The lowest BCUT2D eigenvalue weighted by Crippen LogP contribution is -2.51. The van der Waals surface area contributed by atoms with Crippen molar-refractivity contribution in [1.82, 2.24) is 20.4 Å². The number of para-hydroxylation sites is 1. The standard InChI is InChI=1S/C18H24N4O2.ClH/c1-13(2)17-14(10-20-18(23)16-12-24-9-8-19-16)11-22(21-17)15-6-4-3-5-7-15;/h3-7,11,13,16,19H,8-10,12H2,1-2H3,(H,20,23);1H. The summed E-state index contributed by atoms with van der Waals surface area (Å²) in [5.74, 6) is 0.259. The summed E-state index contributed by atoms with van der Waals surface area (Å²) in [4.78, 5) is 12.2. The third-order valence-corrected chi connectivity index (χ3v) is 4.08. The van der Waals surface area contributed by atoms with Gasteiger partial charge in [-0.3, -0.25) is 4.79 Å². The molecule has 1 aromatic carbocycles. The summed E-state index contributed by atoms with van der Waals surface area (Å²) < 4.78 is 7.21. The monoisotopic (exact) mass is 364 g/mol. The number of carbonyl (C=O) groups is 1. The Labute approximate surface area is 154 Å². The van der Waals surface area contributed by atoms with E-state index in [0.29, 0.717) is 26.3 Å². The average Bonchev–Trinajstić information content (AvgIpc) is 3.06. The molecule has 1 atom stereocenters. The SMILES string of the molecule is CC(C)c1nn(-c2ccccc2)cc1CNC(=O)C1COCCN1.Cl. The van der Waals surface area contributed by atoms with Gasteiger partial charge < -0.3 is 15.4 Å². The zero-order valence-corrected chi connectivity index (χ0v) is 15.4. The van der Waals surface area contributed by atoms with Gasteiger partial charge in [-0.15, -0.1) is 12.4 Å². The summed E-state index contributed by atoms with van der Waals surface area (Å²) >= 11 is 0. The van der Waals surface area contributed by atoms with Crippen molar-refractivity contribution >= 4 is 18.3 Å². The molecule has 1 saturated heterocycles. The van der Waals surface area contributed by atoms with Gasteiger partial charge >= 0.3 is 0 Å². The van der Waals surface area contributed by atoms with Crippen molar-refractivity contribution in [3.8, 4) is 5.69 Å². The molecule has 2 N–H and O–H groups in total. The first-order chi connectivity index (χ1) is 11.6. The van der Waals surface area contributed by atoms with E-state index < -0.39 is 0 Å². The first-order valence-electron chi connectivity index (χ1n) is 8.38. The minimum atomic E-state index is -0.273. The molecule has 2 heterocycles. The van der Waals surface area contributed by atoms with Gasteiger partial charge in [-0.05, 0) is 18.1 Å². The van der Waals surface area contributed by atoms with Crippen molar-refractivity contribution in [2.75, 3.05) is 19.8 Å². The van der Waals surface area contributed by atoms with Crippen LogP contribution in [0.15, 0.2) is 36.5 Å². The van der Waals surface area contributed by atoms with Gasteiger partial charge in [-0.25, -0.2) is 4.68 Å². The molecule has 1 aromatic heterocycles. The fourth-order valence-electron chi connectivity index (χ4n) is 2.80. The number of rotatable bonds is 5. The molecule has 2 aromatic rings. The fraction of sp³-hybridized carbons (Fsp3) is 0.444. The minimum Gasteiger partial charge on any atom is -0.378 e. The van der Waals surface area contributed by atoms with Gasteiger partial charge in [-0.2, -0.15) is 5.10 Å². The van der Waals surface area contributed by atoms with E-state index in [1.807, 2.05) is 41.2 Å². The normalized spacial score (nSPS) is 17.2. The van der Waals surface area contributed by atoms with Crippen LogP contribution in [0.3, 0.4) is 0 Å². The van der Waals surface area contributed by atoms with Gasteiger partial charge in [0, 0.05) is 24.8 Å². The van der Waals surface area contributed by atoms with Crippen LogP contribution in [0.25, 0.3) is 5.69 Å². The lowest BCUT2D eigenvalue weighted by Gasteiger charge is -2.22. The molecule has 25 heavy (non-hydrogen) atoms. The molecule has 0 radical (unpaired) electrons. The van der Waals surface area contributed by atoms with Crippen LogP contribution < -0.4 is 10.6 Å². The Kier molecular flexibility index (Phi) is 6.99. The van der Waals surface area contributed by atoms with Crippen LogP contribution in [-0.4, -0.2) is 41.5 Å². The first kappa shape index (κ1) is 19.4. The van der Waals surface area contributed by atoms with E-state index in [0.717, 1.165) is 16.9 Å². The summed E-state index contributed by atoms with van der Waals surface area (Å²) in [6.45, 7) is 6.48. The Bertz CT molecular complexity index is 682. The molecule has 0 spiro atoms. The molecular formula is C18H25ClN4O2. The second kappa shape index (κ2) is 8.99. The second-order valence-corrected chi connectivity index (χ2v) is 6.27. The zero-order chi connectivity index (χ0) is 16.9. The maximum Gasteiger partial charge on any atom is 0.239 e. The molecule has 6 nitrogen and oxygen atoms in total. The molecule has 1 fully saturated rings. The summed E-state index contributed by atoms with van der Waals surface area (Å²) in [7, 11) is 0. The Morgan fingerprint density at radius 1 is 1.40 bits per heavy atom. The third-order valence-electron chi connectivity index (χ3n) is 4.08. The Morgan fingerprint density at radius 3 is 2.80 bits per heavy atom. The van der Waals surface area contributed by atoms with E-state index in [1.165, 1.54) is 0 Å². The van der Waals surface area contributed by atoms with Crippen molar-refractivity contribution < 1.29 is 9.53 Å². The number of hydrogen-bond donors (Lipinski definition) is 2. The van der Waals surface area contributed by atoms with E-state index in [-0.39, 0.29) is 30.3 Å². The lowest BCUT2D eigenvalue weighted by molar-refractivity contribution is -0.126. The average molecular weight is 365 g/mol. The van der Waals surface area contributed by atoms with Gasteiger partial charge in [0.15, 0.2) is 0 Å². The predicted molar refractivity (Wildman–Crippen MR) is 99.4 cm³/mol. The maximum absolute atomic E-state index is 12.2. The molecule has 0 bridgehead atoms. The minimum absolute atomic E-state index is 0. The van der Waals surface area contributed by atoms with Crippen LogP contribution in [0, 0.1) is 0 Å². The molecule has 7 heteroatoms. The molecule has 1 amide bonds. The second-order valence-electron chi connectivity index (χ2n) is 6.27. The van der Waals surface area contributed by atoms with Crippen molar-refractivity contribution in [3.05, 3.63) is 47.8 Å². The quantitative estimate of drug-likeness (QED) is 0.851. The lowest BCUT2D eigenvalue weighted by atomic mass is 10.1. The molecular weight excluding hydrogens is 340 g/mol. The molecule has 1 unspecified atom stereocenters. The van der Waals surface area contributed by atoms with Crippen molar-refractivity contribution in [2.24, 2.45) is 0 Å². The predicted octanol–water partition coefficient (Wildman–Crippen LogP) is 2.02. The summed E-state index contributed by atoms with van der Waals surface area (Å²) in [6.07, 6.45) is 2.00. The smallest absolute Gasteiger partial charge is 0.239 e. The highest BCUT2D eigenvalue weighted by Gasteiger charge is 2.21. The van der Waals surface area contributed by atoms with E-state index >= 15 is 0 Å². The van der Waals surface area contributed by atoms with Crippen LogP contribution >= 0.6 is 12.4 Å². The van der Waals surface area contributed by atoms with E-state index in [9.17, 15) is 4.79 Å². The highest BCUT2D eigenvalue weighted by molar-refractivity contribution is 5.85. The summed E-state index contributed by atoms with van der Waals surface area (Å²) in [5, 5.41) is 10.9. The first-order valence-corrected chi connectivity index (χ1v) is 8.38. The molecule has 3 rings (SSSR count).